The Kier molecular flexibility index (Phi) is 4.39. The first-order valence-corrected chi connectivity index (χ1v) is 6.53. The van der Waals surface area contributed by atoms with Gasteiger partial charge in [-0.05, 0) is 30.3 Å². The minimum atomic E-state index is -1.23. The number of ether oxygens (including phenoxy) is 1. The lowest BCUT2D eigenvalue weighted by Crippen LogP contribution is -2.03. The van der Waals surface area contributed by atoms with Crippen LogP contribution in [0.5, 0.6) is 5.75 Å². The number of benzene rings is 1. The second-order valence-corrected chi connectivity index (χ2v) is 4.92. The molecule has 0 atom stereocenters. The van der Waals surface area contributed by atoms with Crippen molar-refractivity contribution in [3.8, 4) is 5.75 Å². The molecule has 0 radical (unpaired) electrons. The summed E-state index contributed by atoms with van der Waals surface area (Å²) in [7, 11) is 1.53. The average Bonchev–Trinajstić information content (AvgIpc) is 2.47. The lowest BCUT2D eigenvalue weighted by Gasteiger charge is -2.04. The first kappa shape index (κ1) is 14.8. The third-order valence-electron chi connectivity index (χ3n) is 2.53. The predicted molar refractivity (Wildman–Crippen MR) is 75.0 cm³/mol. The van der Waals surface area contributed by atoms with Crippen LogP contribution >= 0.6 is 11.8 Å². The molecule has 1 aromatic carbocycles. The topological polar surface area (TPSA) is 103 Å². The van der Waals surface area contributed by atoms with Gasteiger partial charge in [0, 0.05) is 11.0 Å². The molecule has 1 heterocycles. The quantitative estimate of drug-likeness (QED) is 0.669. The second kappa shape index (κ2) is 6.23. The molecule has 1 aromatic heterocycles. The van der Waals surface area contributed by atoms with Crippen molar-refractivity contribution in [1.29, 1.82) is 0 Å². The number of carbonyl (C=O) groups is 1. The fraction of sp³-hybridized carbons (Fsp3) is 0.0769. The van der Waals surface area contributed by atoms with Crippen LogP contribution in [0.2, 0.25) is 0 Å². The van der Waals surface area contributed by atoms with E-state index in [1.807, 2.05) is 0 Å². The van der Waals surface area contributed by atoms with E-state index < -0.39 is 10.9 Å². The number of carboxylic acid groups (broad SMARTS) is 1. The van der Waals surface area contributed by atoms with Gasteiger partial charge in [0.1, 0.15) is 11.4 Å². The van der Waals surface area contributed by atoms with Crippen LogP contribution in [0.3, 0.4) is 0 Å². The number of nitrogens with zero attached hydrogens (tertiary/aromatic N) is 2. The van der Waals surface area contributed by atoms with Gasteiger partial charge in [0.2, 0.25) is 0 Å². The van der Waals surface area contributed by atoms with Crippen LogP contribution < -0.4 is 4.74 Å². The molecule has 0 saturated heterocycles. The first-order valence-electron chi connectivity index (χ1n) is 5.72. The van der Waals surface area contributed by atoms with E-state index in [9.17, 15) is 14.9 Å². The molecule has 0 aliphatic rings. The fourth-order valence-corrected chi connectivity index (χ4v) is 2.41. The molecular formula is C13H10N2O5S. The van der Waals surface area contributed by atoms with E-state index in [1.165, 1.54) is 7.11 Å². The standard InChI is InChI=1S/C13H10N2O5S/c1-20-8-2-4-9(5-3-8)21-12-11(15(18)19)7-6-10(14-12)13(16)17/h2-7H,1H3,(H,16,17). The number of aromatic nitrogens is 1. The number of rotatable bonds is 5. The van der Waals surface area contributed by atoms with E-state index in [0.717, 1.165) is 23.9 Å². The molecule has 0 unspecified atom stereocenters. The Balaban J connectivity index is 2.37. The molecule has 2 aromatic rings. The van der Waals surface area contributed by atoms with Gasteiger partial charge in [-0.25, -0.2) is 9.78 Å². The molecule has 2 rings (SSSR count). The van der Waals surface area contributed by atoms with Gasteiger partial charge >= 0.3 is 11.7 Å². The minimum absolute atomic E-state index is 0.0325. The maximum Gasteiger partial charge on any atom is 0.354 e. The van der Waals surface area contributed by atoms with Gasteiger partial charge in [-0.3, -0.25) is 10.1 Å². The highest BCUT2D eigenvalue weighted by Gasteiger charge is 2.19. The molecule has 8 heteroatoms. The Morgan fingerprint density at radius 3 is 2.48 bits per heavy atom. The van der Waals surface area contributed by atoms with Crippen LogP contribution in [0, 0.1) is 10.1 Å². The number of carboxylic acids is 1. The molecule has 0 saturated carbocycles. The zero-order valence-corrected chi connectivity index (χ0v) is 11.7. The molecule has 0 fully saturated rings. The van der Waals surface area contributed by atoms with Crippen molar-refractivity contribution in [2.75, 3.05) is 7.11 Å². The summed E-state index contributed by atoms with van der Waals surface area (Å²) < 4.78 is 5.02. The fourth-order valence-electron chi connectivity index (χ4n) is 1.52. The summed E-state index contributed by atoms with van der Waals surface area (Å²) in [5, 5.41) is 19.9. The Labute approximate surface area is 123 Å². The van der Waals surface area contributed by atoms with Gasteiger partial charge in [0.15, 0.2) is 5.03 Å². The minimum Gasteiger partial charge on any atom is -0.497 e. The highest BCUT2D eigenvalue weighted by Crippen LogP contribution is 2.34. The molecule has 1 N–H and O–H groups in total. The molecule has 0 spiro atoms. The summed E-state index contributed by atoms with van der Waals surface area (Å²) in [6, 6.07) is 9.08. The van der Waals surface area contributed by atoms with Gasteiger partial charge in [0.05, 0.1) is 12.0 Å². The summed E-state index contributed by atoms with van der Waals surface area (Å²) in [6.45, 7) is 0. The normalized spacial score (nSPS) is 10.1. The van der Waals surface area contributed by atoms with Crippen molar-refractivity contribution in [2.24, 2.45) is 0 Å². The maximum absolute atomic E-state index is 11.0. The van der Waals surface area contributed by atoms with Gasteiger partial charge in [-0.2, -0.15) is 0 Å². The van der Waals surface area contributed by atoms with E-state index in [2.05, 4.69) is 4.98 Å². The summed E-state index contributed by atoms with van der Waals surface area (Å²) in [5.41, 5.74) is -0.475. The number of hydrogen-bond donors (Lipinski definition) is 1. The lowest BCUT2D eigenvalue weighted by atomic mass is 10.3. The third-order valence-corrected chi connectivity index (χ3v) is 3.53. The molecule has 108 valence electrons. The molecular weight excluding hydrogens is 296 g/mol. The monoisotopic (exact) mass is 306 g/mol. The van der Waals surface area contributed by atoms with Gasteiger partial charge in [-0.15, -0.1) is 0 Å². The maximum atomic E-state index is 11.0. The van der Waals surface area contributed by atoms with E-state index in [4.69, 9.17) is 9.84 Å². The summed E-state index contributed by atoms with van der Waals surface area (Å²) in [4.78, 5) is 25.8. The largest absolute Gasteiger partial charge is 0.497 e. The Morgan fingerprint density at radius 2 is 1.95 bits per heavy atom. The highest BCUT2D eigenvalue weighted by atomic mass is 32.2. The molecule has 21 heavy (non-hydrogen) atoms. The molecule has 0 amide bonds. The second-order valence-electron chi connectivity index (χ2n) is 3.86. The zero-order chi connectivity index (χ0) is 15.4. The number of pyridine rings is 1. The van der Waals surface area contributed by atoms with Crippen LogP contribution in [0.25, 0.3) is 0 Å². The SMILES string of the molecule is COc1ccc(Sc2nc(C(=O)O)ccc2[N+](=O)[O-])cc1. The average molecular weight is 306 g/mol. The Hall–Kier alpha value is -2.61. The smallest absolute Gasteiger partial charge is 0.354 e. The van der Waals surface area contributed by atoms with E-state index in [-0.39, 0.29) is 16.4 Å². The molecule has 0 aliphatic carbocycles. The summed E-state index contributed by atoms with van der Waals surface area (Å²) >= 11 is 1.02. The van der Waals surface area contributed by atoms with Crippen LogP contribution in [-0.2, 0) is 0 Å². The number of hydrogen-bond acceptors (Lipinski definition) is 6. The van der Waals surface area contributed by atoms with Crippen molar-refractivity contribution in [1.82, 2.24) is 4.98 Å². The molecule has 0 bridgehead atoms. The summed E-state index contributed by atoms with van der Waals surface area (Å²) in [6.07, 6.45) is 0. The van der Waals surface area contributed by atoms with Gasteiger partial charge in [0.25, 0.3) is 0 Å². The van der Waals surface area contributed by atoms with Crippen molar-refractivity contribution in [3.05, 3.63) is 52.2 Å². The van der Waals surface area contributed by atoms with Crippen molar-refractivity contribution in [3.63, 3.8) is 0 Å². The zero-order valence-electron chi connectivity index (χ0n) is 10.8. The van der Waals surface area contributed by atoms with Gasteiger partial charge in [-0.1, -0.05) is 11.8 Å². The molecule has 0 aliphatic heterocycles. The van der Waals surface area contributed by atoms with Crippen molar-refractivity contribution >= 4 is 23.4 Å². The Morgan fingerprint density at radius 1 is 1.29 bits per heavy atom. The number of aromatic carboxylic acids is 1. The van der Waals surface area contributed by atoms with E-state index in [1.54, 1.807) is 24.3 Å². The van der Waals surface area contributed by atoms with E-state index >= 15 is 0 Å². The predicted octanol–water partition coefficient (Wildman–Crippen LogP) is 2.85. The van der Waals surface area contributed by atoms with Crippen molar-refractivity contribution < 1.29 is 19.6 Å². The van der Waals surface area contributed by atoms with Crippen LogP contribution in [0.15, 0.2) is 46.3 Å². The van der Waals surface area contributed by atoms with E-state index in [0.29, 0.717) is 10.6 Å². The van der Waals surface area contributed by atoms with Gasteiger partial charge < -0.3 is 9.84 Å². The van der Waals surface area contributed by atoms with Crippen LogP contribution in [-0.4, -0.2) is 28.1 Å². The first-order chi connectivity index (χ1) is 10.0. The van der Waals surface area contributed by atoms with Crippen LogP contribution in [0.1, 0.15) is 10.5 Å². The summed E-state index contributed by atoms with van der Waals surface area (Å²) in [5.74, 6) is -0.581. The Bertz CT molecular complexity index is 687. The molecule has 7 nitrogen and oxygen atoms in total. The van der Waals surface area contributed by atoms with Crippen LogP contribution in [0.4, 0.5) is 5.69 Å². The highest BCUT2D eigenvalue weighted by molar-refractivity contribution is 7.99. The number of methoxy groups -OCH3 is 1. The third kappa shape index (κ3) is 3.48. The lowest BCUT2D eigenvalue weighted by molar-refractivity contribution is -0.388. The van der Waals surface area contributed by atoms with Crippen molar-refractivity contribution in [2.45, 2.75) is 9.92 Å². The number of nitro groups is 1.